The summed E-state index contributed by atoms with van der Waals surface area (Å²) in [7, 11) is -3.75. The van der Waals surface area contributed by atoms with Gasteiger partial charge in [-0.15, -0.1) is 0 Å². The molecule has 0 spiro atoms. The third-order valence-corrected chi connectivity index (χ3v) is 3.01. The smallest absolute Gasteiger partial charge is 0.208 e. The molecule has 0 radical (unpaired) electrons. The number of hydrogen-bond acceptors (Lipinski definition) is 3. The molecule has 0 atom stereocenters. The van der Waals surface area contributed by atoms with E-state index >= 15 is 0 Å². The summed E-state index contributed by atoms with van der Waals surface area (Å²) in [5, 5.41) is 9.72. The van der Waals surface area contributed by atoms with Crippen molar-refractivity contribution in [2.24, 2.45) is 0 Å². The van der Waals surface area contributed by atoms with Gasteiger partial charge in [-0.25, -0.2) is 8.42 Å². The third-order valence-electron chi connectivity index (χ3n) is 1.75. The maximum absolute atomic E-state index is 11.2. The first-order valence-electron chi connectivity index (χ1n) is 3.70. The Labute approximate surface area is 77.5 Å². The minimum Gasteiger partial charge on any atom is -0.208 e. The normalized spacial score (nSPS) is 10.8. The summed E-state index contributed by atoms with van der Waals surface area (Å²) in [5.74, 6) is 0. The first kappa shape index (κ1) is 9.75. The van der Waals surface area contributed by atoms with E-state index in [0.29, 0.717) is 5.56 Å². The van der Waals surface area contributed by atoms with E-state index in [9.17, 15) is 8.42 Å². The number of sulfone groups is 1. The van der Waals surface area contributed by atoms with Crippen LogP contribution in [-0.4, -0.2) is 8.42 Å². The second-order valence-corrected chi connectivity index (χ2v) is 4.49. The molecular formula is C9H9NO2S. The molecule has 68 valence electrons. The minimum atomic E-state index is -3.75. The van der Waals surface area contributed by atoms with Gasteiger partial charge in [0, 0.05) is 0 Å². The summed E-state index contributed by atoms with van der Waals surface area (Å²) in [6.45, 7) is 3.46. The Morgan fingerprint density at radius 2 is 1.92 bits per heavy atom. The second kappa shape index (κ2) is 3.19. The fourth-order valence-electron chi connectivity index (χ4n) is 1.05. The first-order chi connectivity index (χ1) is 5.97. The monoisotopic (exact) mass is 195 g/mol. The molecule has 0 heterocycles. The van der Waals surface area contributed by atoms with E-state index in [1.807, 2.05) is 6.07 Å². The van der Waals surface area contributed by atoms with Crippen molar-refractivity contribution in [3.8, 4) is 5.40 Å². The van der Waals surface area contributed by atoms with Crippen molar-refractivity contribution < 1.29 is 8.42 Å². The molecular weight excluding hydrogens is 186 g/mol. The lowest BCUT2D eigenvalue weighted by atomic mass is 10.2. The molecule has 0 fully saturated rings. The van der Waals surface area contributed by atoms with Crippen LogP contribution in [0.25, 0.3) is 0 Å². The first-order valence-corrected chi connectivity index (χ1v) is 5.19. The molecule has 0 N–H and O–H groups in total. The van der Waals surface area contributed by atoms with Gasteiger partial charge in [-0.2, -0.15) is 5.26 Å². The summed E-state index contributed by atoms with van der Waals surface area (Å²) in [6, 6.07) is 5.01. The Morgan fingerprint density at radius 1 is 1.31 bits per heavy atom. The van der Waals surface area contributed by atoms with Gasteiger partial charge in [0.25, 0.3) is 9.84 Å². The van der Waals surface area contributed by atoms with Crippen molar-refractivity contribution in [2.45, 2.75) is 18.7 Å². The number of rotatable bonds is 1. The van der Waals surface area contributed by atoms with Crippen molar-refractivity contribution in [1.29, 1.82) is 5.26 Å². The van der Waals surface area contributed by atoms with E-state index in [-0.39, 0.29) is 4.90 Å². The van der Waals surface area contributed by atoms with Crippen LogP contribution in [0.3, 0.4) is 0 Å². The van der Waals surface area contributed by atoms with Crippen LogP contribution in [0.15, 0.2) is 23.1 Å². The average Bonchev–Trinajstić information content (AvgIpc) is 2.09. The lowest BCUT2D eigenvalue weighted by Crippen LogP contribution is -1.99. The summed E-state index contributed by atoms with van der Waals surface area (Å²) in [5.41, 5.74) is 1.44. The number of hydrogen-bond donors (Lipinski definition) is 0. The van der Waals surface area contributed by atoms with Gasteiger partial charge < -0.3 is 0 Å². The Bertz CT molecular complexity index is 469. The highest BCUT2D eigenvalue weighted by atomic mass is 32.2. The van der Waals surface area contributed by atoms with Crippen molar-refractivity contribution in [1.82, 2.24) is 0 Å². The molecule has 1 aromatic carbocycles. The topological polar surface area (TPSA) is 57.9 Å². The summed E-state index contributed by atoms with van der Waals surface area (Å²) in [6.07, 6.45) is 0. The molecule has 1 rings (SSSR count). The van der Waals surface area contributed by atoms with Crippen molar-refractivity contribution in [3.05, 3.63) is 29.3 Å². The number of aryl methyl sites for hydroxylation is 2. The summed E-state index contributed by atoms with van der Waals surface area (Å²) >= 11 is 0. The lowest BCUT2D eigenvalue weighted by Gasteiger charge is -2.01. The molecule has 0 aliphatic carbocycles. The van der Waals surface area contributed by atoms with Crippen LogP contribution < -0.4 is 0 Å². The molecule has 4 heteroatoms. The zero-order chi connectivity index (χ0) is 10.1. The van der Waals surface area contributed by atoms with E-state index in [4.69, 9.17) is 5.26 Å². The summed E-state index contributed by atoms with van der Waals surface area (Å²) < 4.78 is 22.4. The number of benzene rings is 1. The van der Waals surface area contributed by atoms with Crippen LogP contribution in [-0.2, 0) is 9.84 Å². The van der Waals surface area contributed by atoms with E-state index < -0.39 is 9.84 Å². The van der Waals surface area contributed by atoms with E-state index in [1.165, 1.54) is 11.5 Å². The van der Waals surface area contributed by atoms with Crippen molar-refractivity contribution in [2.75, 3.05) is 0 Å². The molecule has 0 bridgehead atoms. The number of nitriles is 1. The highest BCUT2D eigenvalue weighted by molar-refractivity contribution is 7.96. The molecule has 0 aliphatic rings. The lowest BCUT2D eigenvalue weighted by molar-refractivity contribution is 0.605. The van der Waals surface area contributed by atoms with Gasteiger partial charge >= 0.3 is 0 Å². The minimum absolute atomic E-state index is 0.106. The average molecular weight is 195 g/mol. The number of thiocyanates is 1. The molecule has 0 amide bonds. The predicted octanol–water partition coefficient (Wildman–Crippen LogP) is 1.56. The molecule has 0 saturated heterocycles. The largest absolute Gasteiger partial charge is 0.270 e. The molecule has 13 heavy (non-hydrogen) atoms. The van der Waals surface area contributed by atoms with E-state index in [1.54, 1.807) is 19.9 Å². The maximum Gasteiger partial charge on any atom is 0.270 e. The molecule has 0 saturated carbocycles. The van der Waals surface area contributed by atoms with Gasteiger partial charge in [-0.3, -0.25) is 0 Å². The third kappa shape index (κ3) is 1.87. The highest BCUT2D eigenvalue weighted by Crippen LogP contribution is 2.17. The molecule has 0 aromatic heterocycles. The number of nitrogens with zero attached hydrogens (tertiary/aromatic N) is 1. The highest BCUT2D eigenvalue weighted by Gasteiger charge is 2.15. The van der Waals surface area contributed by atoms with Gasteiger partial charge in [0.1, 0.15) is 0 Å². The quantitative estimate of drug-likeness (QED) is 0.504. The predicted molar refractivity (Wildman–Crippen MR) is 48.7 cm³/mol. The Morgan fingerprint density at radius 3 is 2.46 bits per heavy atom. The van der Waals surface area contributed by atoms with Crippen molar-refractivity contribution in [3.63, 3.8) is 0 Å². The zero-order valence-electron chi connectivity index (χ0n) is 7.40. The fraction of sp³-hybridized carbons (Fsp3) is 0.222. The van der Waals surface area contributed by atoms with Crippen molar-refractivity contribution >= 4 is 9.84 Å². The van der Waals surface area contributed by atoms with E-state index in [2.05, 4.69) is 0 Å². The van der Waals surface area contributed by atoms with Crippen LogP contribution in [0.4, 0.5) is 0 Å². The van der Waals surface area contributed by atoms with E-state index in [0.717, 1.165) is 5.56 Å². The van der Waals surface area contributed by atoms with Crippen LogP contribution in [0.5, 0.6) is 0 Å². The van der Waals surface area contributed by atoms with Gasteiger partial charge in [-0.1, -0.05) is 12.1 Å². The zero-order valence-corrected chi connectivity index (χ0v) is 8.22. The molecule has 0 aliphatic heterocycles. The van der Waals surface area contributed by atoms with Gasteiger partial charge in [0.15, 0.2) is 5.40 Å². The fourth-order valence-corrected chi connectivity index (χ4v) is 1.98. The SMILES string of the molecule is Cc1ccc(C)c(S(=O)(=O)C#N)c1. The standard InChI is InChI=1S/C9H9NO2S/c1-7-3-4-8(2)9(5-7)13(11,12)6-10/h3-5H,1-2H3. The molecule has 3 nitrogen and oxygen atoms in total. The molecule has 1 aromatic rings. The van der Waals surface area contributed by atoms with Gasteiger partial charge in [-0.05, 0) is 31.0 Å². The van der Waals surface area contributed by atoms with Crippen LogP contribution in [0.1, 0.15) is 11.1 Å². The van der Waals surface area contributed by atoms with Crippen LogP contribution in [0.2, 0.25) is 0 Å². The Balaban J connectivity index is 3.49. The van der Waals surface area contributed by atoms with Gasteiger partial charge in [0.05, 0.1) is 4.90 Å². The Kier molecular flexibility index (Phi) is 2.39. The Hall–Kier alpha value is -1.34. The summed E-state index contributed by atoms with van der Waals surface area (Å²) in [4.78, 5) is 0.106. The van der Waals surface area contributed by atoms with Crippen LogP contribution >= 0.6 is 0 Å². The van der Waals surface area contributed by atoms with Crippen LogP contribution in [0, 0.1) is 24.5 Å². The molecule has 0 unspecified atom stereocenters. The van der Waals surface area contributed by atoms with Gasteiger partial charge in [0.2, 0.25) is 0 Å². The second-order valence-electron chi connectivity index (χ2n) is 2.86. The maximum atomic E-state index is 11.2.